The van der Waals surface area contributed by atoms with E-state index < -0.39 is 12.0 Å². The van der Waals surface area contributed by atoms with E-state index in [2.05, 4.69) is 17.4 Å². The lowest BCUT2D eigenvalue weighted by Crippen LogP contribution is -2.44. The van der Waals surface area contributed by atoms with Gasteiger partial charge < -0.3 is 9.84 Å². The molecule has 5 rings (SSSR count). The smallest absolute Gasteiger partial charge is 0.359 e. The summed E-state index contributed by atoms with van der Waals surface area (Å²) < 4.78 is 7.61. The number of rotatable bonds is 12. The third-order valence-corrected chi connectivity index (χ3v) is 6.79. The molecule has 1 aromatic heterocycles. The van der Waals surface area contributed by atoms with Gasteiger partial charge in [0.05, 0.1) is 6.61 Å². The number of carboxylic acid groups (broad SMARTS) is 1. The second-order valence-corrected chi connectivity index (χ2v) is 9.76. The second kappa shape index (κ2) is 12.3. The Morgan fingerprint density at radius 2 is 1.67 bits per heavy atom. The number of carbonyl (C=O) groups is 2. The van der Waals surface area contributed by atoms with Crippen LogP contribution in [0.15, 0.2) is 91.1 Å². The number of nitrogens with one attached hydrogen (secondary N) is 1. The summed E-state index contributed by atoms with van der Waals surface area (Å²) in [5.41, 5.74) is 4.69. The molecule has 39 heavy (non-hydrogen) atoms. The predicted octanol–water partition coefficient (Wildman–Crippen LogP) is 5.33. The number of hydrogen-bond acceptors (Lipinski definition) is 5. The lowest BCUT2D eigenvalue weighted by Gasteiger charge is -2.09. The number of aromatic nitrogens is 2. The van der Waals surface area contributed by atoms with Gasteiger partial charge in [0, 0.05) is 24.8 Å². The normalized spacial score (nSPS) is 14.1. The maximum Gasteiger partial charge on any atom is 0.359 e. The number of benzene rings is 3. The van der Waals surface area contributed by atoms with Gasteiger partial charge in [0.15, 0.2) is 6.04 Å². The molecule has 0 fully saturated rings. The van der Waals surface area contributed by atoms with Crippen molar-refractivity contribution in [2.75, 3.05) is 11.9 Å². The maximum atomic E-state index is 13.6. The largest absolute Gasteiger partial charge is 0.494 e. The van der Waals surface area contributed by atoms with Crippen LogP contribution >= 0.6 is 0 Å². The number of unbranched alkanes of at least 4 members (excludes halogenated alkanes) is 2. The van der Waals surface area contributed by atoms with Crippen LogP contribution in [0.25, 0.3) is 11.3 Å². The number of carbonyl (C=O) groups excluding carboxylic acids is 1. The highest BCUT2D eigenvalue weighted by atomic mass is 16.5. The molecule has 1 aliphatic rings. The first kappa shape index (κ1) is 26.1. The lowest BCUT2D eigenvalue weighted by molar-refractivity contribution is -0.552. The van der Waals surface area contributed by atoms with Crippen LogP contribution in [0.1, 0.15) is 47.3 Å². The average molecular weight is 523 g/mol. The van der Waals surface area contributed by atoms with E-state index in [4.69, 9.17) is 14.8 Å². The van der Waals surface area contributed by atoms with Crippen molar-refractivity contribution in [1.82, 2.24) is 4.98 Å². The van der Waals surface area contributed by atoms with Gasteiger partial charge in [-0.1, -0.05) is 72.8 Å². The van der Waals surface area contributed by atoms with E-state index in [1.807, 2.05) is 79.0 Å². The second-order valence-electron chi connectivity index (χ2n) is 9.76. The highest BCUT2D eigenvalue weighted by molar-refractivity contribution is 5.82. The molecule has 7 nitrogen and oxygen atoms in total. The van der Waals surface area contributed by atoms with Gasteiger partial charge in [-0.15, -0.1) is 0 Å². The first-order valence-corrected chi connectivity index (χ1v) is 13.4. The molecule has 198 valence electrons. The van der Waals surface area contributed by atoms with Crippen LogP contribution in [-0.2, 0) is 17.6 Å². The third kappa shape index (κ3) is 6.68. The molecule has 0 saturated heterocycles. The molecule has 7 heteroatoms. The van der Waals surface area contributed by atoms with E-state index in [0.29, 0.717) is 25.9 Å². The van der Waals surface area contributed by atoms with Crippen molar-refractivity contribution < 1.29 is 24.0 Å². The Labute approximate surface area is 228 Å². The molecule has 1 aliphatic heterocycles. The molecule has 0 bridgehead atoms. The number of fused-ring (bicyclic) bond motifs is 1. The van der Waals surface area contributed by atoms with Crippen molar-refractivity contribution in [3.63, 3.8) is 0 Å². The van der Waals surface area contributed by atoms with Gasteiger partial charge in [0.1, 0.15) is 23.3 Å². The Balaban J connectivity index is 1.31. The van der Waals surface area contributed by atoms with Crippen molar-refractivity contribution in [3.8, 4) is 17.0 Å². The standard InChI is InChI=1S/C32H31N3O4/c36-30(37)17-8-3-9-18-39-26-16-10-13-24(19-26)21-28-32(38)35-22-29(25-14-6-2-7-15-25)33-27(31(35)34-28)20-23-11-4-1-5-12-23/h1-2,4-7,10-16,19,22,28H,3,8-9,17-18,20-21H2,(H,36,37)/p+1. The van der Waals surface area contributed by atoms with Crippen LogP contribution in [0, 0.1) is 0 Å². The van der Waals surface area contributed by atoms with Crippen LogP contribution in [0.5, 0.6) is 5.75 Å². The molecule has 3 aromatic carbocycles. The summed E-state index contributed by atoms with van der Waals surface area (Å²) >= 11 is 0. The van der Waals surface area contributed by atoms with E-state index in [1.54, 1.807) is 4.57 Å². The van der Waals surface area contributed by atoms with E-state index in [0.717, 1.165) is 52.5 Å². The molecule has 0 saturated carbocycles. The minimum Gasteiger partial charge on any atom is -0.494 e. The number of ether oxygens (including phenoxy) is 1. The van der Waals surface area contributed by atoms with Crippen molar-refractivity contribution in [1.29, 1.82) is 0 Å². The molecule has 2 N–H and O–H groups in total. The Kier molecular flexibility index (Phi) is 8.26. The molecule has 1 unspecified atom stereocenters. The first-order valence-electron chi connectivity index (χ1n) is 13.4. The SMILES string of the molecule is O=C(O)CCCCCOc1cccc(CC2Nc3c(Cc4ccccc4)nc(-c4ccccc4)c[n+]3C2=O)c1. The van der Waals surface area contributed by atoms with Gasteiger partial charge in [0.2, 0.25) is 0 Å². The van der Waals surface area contributed by atoms with Crippen molar-refractivity contribution >= 4 is 17.7 Å². The highest BCUT2D eigenvalue weighted by Gasteiger charge is 2.41. The van der Waals surface area contributed by atoms with Gasteiger partial charge in [-0.3, -0.25) is 10.1 Å². The zero-order chi connectivity index (χ0) is 27.0. The molecule has 0 spiro atoms. The molecule has 1 atom stereocenters. The Bertz CT molecular complexity index is 1440. The van der Waals surface area contributed by atoms with E-state index in [-0.39, 0.29) is 12.3 Å². The van der Waals surface area contributed by atoms with Crippen molar-refractivity contribution in [2.24, 2.45) is 0 Å². The minimum absolute atomic E-state index is 0.0105. The van der Waals surface area contributed by atoms with Gasteiger partial charge in [-0.2, -0.15) is 4.57 Å². The highest BCUT2D eigenvalue weighted by Crippen LogP contribution is 2.25. The average Bonchev–Trinajstić information content (AvgIpc) is 3.27. The monoisotopic (exact) mass is 522 g/mol. The summed E-state index contributed by atoms with van der Waals surface area (Å²) in [5, 5.41) is 12.2. The Hall–Kier alpha value is -4.52. The number of hydrogen-bond donors (Lipinski definition) is 2. The fraction of sp³-hybridized carbons (Fsp3) is 0.250. The number of nitrogens with zero attached hydrogens (tertiary/aromatic N) is 2. The fourth-order valence-corrected chi connectivity index (χ4v) is 4.82. The van der Waals surface area contributed by atoms with Gasteiger partial charge in [-0.25, -0.2) is 9.78 Å². The molecule has 2 heterocycles. The summed E-state index contributed by atoms with van der Waals surface area (Å²) in [6, 6.07) is 27.5. The molecular formula is C32H32N3O4+. The zero-order valence-electron chi connectivity index (χ0n) is 21.8. The summed E-state index contributed by atoms with van der Waals surface area (Å²) in [6.45, 7) is 0.530. The number of carboxylic acids is 1. The van der Waals surface area contributed by atoms with Gasteiger partial charge >= 0.3 is 17.7 Å². The van der Waals surface area contributed by atoms with Crippen LogP contribution in [-0.4, -0.2) is 34.6 Å². The quantitative estimate of drug-likeness (QED) is 0.193. The van der Waals surface area contributed by atoms with E-state index >= 15 is 0 Å². The van der Waals surface area contributed by atoms with Gasteiger partial charge in [0.25, 0.3) is 0 Å². The Morgan fingerprint density at radius 1 is 0.923 bits per heavy atom. The maximum absolute atomic E-state index is 13.6. The molecule has 0 radical (unpaired) electrons. The first-order chi connectivity index (χ1) is 19.1. The summed E-state index contributed by atoms with van der Waals surface area (Å²) in [7, 11) is 0. The third-order valence-electron chi connectivity index (χ3n) is 6.79. The number of anilines is 1. The van der Waals surface area contributed by atoms with Crippen molar-refractivity contribution in [2.45, 2.75) is 44.6 Å². The van der Waals surface area contributed by atoms with Crippen LogP contribution in [0.4, 0.5) is 5.82 Å². The minimum atomic E-state index is -0.765. The predicted molar refractivity (Wildman–Crippen MR) is 149 cm³/mol. The van der Waals surface area contributed by atoms with Crippen molar-refractivity contribution in [3.05, 3.63) is 108 Å². The zero-order valence-corrected chi connectivity index (χ0v) is 21.8. The number of aliphatic carboxylic acids is 1. The molecular weight excluding hydrogens is 490 g/mol. The van der Waals surface area contributed by atoms with Crippen LogP contribution in [0.3, 0.4) is 0 Å². The fourth-order valence-electron chi connectivity index (χ4n) is 4.82. The van der Waals surface area contributed by atoms with Crippen LogP contribution in [0.2, 0.25) is 0 Å². The van der Waals surface area contributed by atoms with Crippen LogP contribution < -0.4 is 14.6 Å². The molecule has 0 aliphatic carbocycles. The topological polar surface area (TPSA) is 92.4 Å². The van der Waals surface area contributed by atoms with Gasteiger partial charge in [-0.05, 0) is 42.5 Å². The Morgan fingerprint density at radius 3 is 2.44 bits per heavy atom. The summed E-state index contributed by atoms with van der Waals surface area (Å²) in [4.78, 5) is 29.2. The molecule has 4 aromatic rings. The van der Waals surface area contributed by atoms with E-state index in [9.17, 15) is 9.59 Å². The summed E-state index contributed by atoms with van der Waals surface area (Å²) in [5.74, 6) is 0.711. The molecule has 0 amide bonds. The lowest BCUT2D eigenvalue weighted by atomic mass is 10.1. The van der Waals surface area contributed by atoms with E-state index in [1.165, 1.54) is 0 Å². The summed E-state index contributed by atoms with van der Waals surface area (Å²) in [6.07, 6.45) is 5.41.